The second-order valence-electron chi connectivity index (χ2n) is 6.84. The van der Waals surface area contributed by atoms with Crippen LogP contribution in [0.3, 0.4) is 0 Å². The van der Waals surface area contributed by atoms with E-state index in [1.54, 1.807) is 13.1 Å². The number of pyridine rings is 1. The summed E-state index contributed by atoms with van der Waals surface area (Å²) in [6.07, 6.45) is 6.12. The lowest BCUT2D eigenvalue weighted by atomic mass is 9.90. The lowest BCUT2D eigenvalue weighted by Gasteiger charge is -2.16. The molecule has 28 heavy (non-hydrogen) atoms. The smallest absolute Gasteiger partial charge is 0.350 e. The molecule has 0 N–H and O–H groups in total. The Morgan fingerprint density at radius 2 is 1.93 bits per heavy atom. The van der Waals surface area contributed by atoms with E-state index in [-0.39, 0.29) is 12.4 Å². The Bertz CT molecular complexity index is 1030. The van der Waals surface area contributed by atoms with Crippen LogP contribution in [0.5, 0.6) is 0 Å². The van der Waals surface area contributed by atoms with Crippen molar-refractivity contribution in [3.8, 4) is 10.7 Å². The zero-order chi connectivity index (χ0) is 19.5. The summed E-state index contributed by atoms with van der Waals surface area (Å²) < 4.78 is 5.28. The average Bonchev–Trinajstić information content (AvgIpc) is 3.14. The Hall–Kier alpha value is -2.86. The van der Waals surface area contributed by atoms with Gasteiger partial charge in [-0.2, -0.15) is 0 Å². The van der Waals surface area contributed by atoms with Crippen LogP contribution >= 0.6 is 11.3 Å². The molecule has 0 atom stereocenters. The third kappa shape index (κ3) is 3.87. The van der Waals surface area contributed by atoms with Crippen molar-refractivity contribution in [2.75, 3.05) is 6.61 Å². The maximum atomic E-state index is 12.5. The highest BCUT2D eigenvalue weighted by atomic mass is 32.1. The number of aryl methyl sites for hydroxylation is 3. The monoisotopic (exact) mass is 392 g/mol. The van der Waals surface area contributed by atoms with Crippen LogP contribution in [0.2, 0.25) is 0 Å². The van der Waals surface area contributed by atoms with Crippen molar-refractivity contribution in [1.82, 2.24) is 9.97 Å². The van der Waals surface area contributed by atoms with Gasteiger partial charge in [-0.3, -0.25) is 9.78 Å². The van der Waals surface area contributed by atoms with E-state index in [0.29, 0.717) is 26.8 Å². The molecule has 0 aliphatic heterocycles. The van der Waals surface area contributed by atoms with E-state index in [1.807, 2.05) is 36.4 Å². The molecule has 0 spiro atoms. The fraction of sp³-hybridized carbons (Fsp3) is 0.273. The van der Waals surface area contributed by atoms with Crippen LogP contribution in [0.25, 0.3) is 10.7 Å². The molecule has 2 aromatic heterocycles. The molecular weight excluding hydrogens is 372 g/mol. The number of fused-ring (bicyclic) bond motifs is 1. The van der Waals surface area contributed by atoms with Crippen molar-refractivity contribution in [3.05, 3.63) is 69.9 Å². The van der Waals surface area contributed by atoms with E-state index >= 15 is 0 Å². The number of carbonyl (C=O) groups is 2. The largest absolute Gasteiger partial charge is 0.453 e. The second kappa shape index (κ2) is 8.02. The van der Waals surface area contributed by atoms with E-state index in [1.165, 1.54) is 28.9 Å². The number of Topliss-reactive ketones (excluding diaryl/α,β-unsaturated/α-hetero) is 1. The van der Waals surface area contributed by atoms with Gasteiger partial charge in [0.25, 0.3) is 0 Å². The molecule has 0 amide bonds. The van der Waals surface area contributed by atoms with Crippen LogP contribution < -0.4 is 0 Å². The highest BCUT2D eigenvalue weighted by Crippen LogP contribution is 2.27. The zero-order valence-electron chi connectivity index (χ0n) is 15.6. The van der Waals surface area contributed by atoms with E-state index in [2.05, 4.69) is 9.97 Å². The number of hydrogen-bond acceptors (Lipinski definition) is 6. The zero-order valence-corrected chi connectivity index (χ0v) is 16.4. The first-order chi connectivity index (χ1) is 13.6. The number of esters is 1. The molecule has 6 heteroatoms. The molecule has 0 fully saturated rings. The van der Waals surface area contributed by atoms with Gasteiger partial charge in [0.1, 0.15) is 9.88 Å². The van der Waals surface area contributed by atoms with Gasteiger partial charge < -0.3 is 4.74 Å². The molecular formula is C22H20N2O3S. The molecule has 3 aromatic rings. The number of thiazole rings is 1. The molecule has 142 valence electrons. The van der Waals surface area contributed by atoms with Gasteiger partial charge in [0.15, 0.2) is 12.4 Å². The van der Waals surface area contributed by atoms with E-state index in [4.69, 9.17) is 4.74 Å². The van der Waals surface area contributed by atoms with Crippen molar-refractivity contribution < 1.29 is 14.3 Å². The van der Waals surface area contributed by atoms with E-state index in [0.717, 1.165) is 19.3 Å². The lowest BCUT2D eigenvalue weighted by Crippen LogP contribution is -2.15. The van der Waals surface area contributed by atoms with Crippen molar-refractivity contribution >= 4 is 23.1 Å². The van der Waals surface area contributed by atoms with Gasteiger partial charge in [-0.15, -0.1) is 11.3 Å². The van der Waals surface area contributed by atoms with Gasteiger partial charge in [0, 0.05) is 11.8 Å². The Balaban J connectivity index is 1.43. The van der Waals surface area contributed by atoms with Crippen molar-refractivity contribution in [3.63, 3.8) is 0 Å². The molecule has 4 rings (SSSR count). The fourth-order valence-corrected chi connectivity index (χ4v) is 4.31. The summed E-state index contributed by atoms with van der Waals surface area (Å²) in [7, 11) is 0. The Morgan fingerprint density at radius 3 is 2.71 bits per heavy atom. The number of ether oxygens (including phenoxy) is 1. The second-order valence-corrected chi connectivity index (χ2v) is 7.84. The summed E-state index contributed by atoms with van der Waals surface area (Å²) in [5, 5.41) is 0.658. The van der Waals surface area contributed by atoms with Crippen molar-refractivity contribution in [2.24, 2.45) is 0 Å². The molecule has 5 nitrogen and oxygen atoms in total. The van der Waals surface area contributed by atoms with Crippen LogP contribution in [-0.4, -0.2) is 28.3 Å². The summed E-state index contributed by atoms with van der Waals surface area (Å²) >= 11 is 1.23. The minimum Gasteiger partial charge on any atom is -0.453 e. The minimum absolute atomic E-state index is 0.186. The Kier molecular flexibility index (Phi) is 5.30. The first-order valence-corrected chi connectivity index (χ1v) is 10.1. The summed E-state index contributed by atoms with van der Waals surface area (Å²) in [4.78, 5) is 34.0. The molecule has 0 bridgehead atoms. The average molecular weight is 392 g/mol. The van der Waals surface area contributed by atoms with E-state index < -0.39 is 5.97 Å². The topological polar surface area (TPSA) is 69.2 Å². The first-order valence-electron chi connectivity index (χ1n) is 9.33. The third-order valence-corrected chi connectivity index (χ3v) is 6.03. The van der Waals surface area contributed by atoms with Gasteiger partial charge in [0.05, 0.1) is 11.4 Å². The predicted molar refractivity (Wildman–Crippen MR) is 108 cm³/mol. The molecule has 0 radical (unpaired) electrons. The Morgan fingerprint density at radius 1 is 1.11 bits per heavy atom. The fourth-order valence-electron chi connectivity index (χ4n) is 3.37. The van der Waals surface area contributed by atoms with E-state index in [9.17, 15) is 9.59 Å². The summed E-state index contributed by atoms with van der Waals surface area (Å²) in [5.41, 5.74) is 4.45. The normalized spacial score (nSPS) is 13.0. The van der Waals surface area contributed by atoms with Crippen molar-refractivity contribution in [1.29, 1.82) is 0 Å². The van der Waals surface area contributed by atoms with Gasteiger partial charge in [0.2, 0.25) is 0 Å². The van der Waals surface area contributed by atoms with Crippen LogP contribution in [0, 0.1) is 6.92 Å². The molecule has 1 aliphatic rings. The van der Waals surface area contributed by atoms with Crippen LogP contribution in [-0.2, 0) is 17.6 Å². The van der Waals surface area contributed by atoms with Gasteiger partial charge in [-0.1, -0.05) is 18.2 Å². The summed E-state index contributed by atoms with van der Waals surface area (Å²) in [5.74, 6) is -0.711. The number of nitrogens with zero attached hydrogens (tertiary/aromatic N) is 2. The lowest BCUT2D eigenvalue weighted by molar-refractivity contribution is 0.0478. The SMILES string of the molecule is Cc1nc(-c2ccccn2)sc1C(=O)OCC(=O)c1ccc2c(c1)CCCC2. The first kappa shape index (κ1) is 18.5. The predicted octanol–water partition coefficient (Wildman–Crippen LogP) is 4.43. The van der Waals surface area contributed by atoms with Crippen molar-refractivity contribution in [2.45, 2.75) is 32.6 Å². The van der Waals surface area contributed by atoms with Crippen LogP contribution in [0.15, 0.2) is 42.6 Å². The molecule has 0 saturated carbocycles. The van der Waals surface area contributed by atoms with Crippen LogP contribution in [0.4, 0.5) is 0 Å². The number of benzene rings is 1. The number of carbonyl (C=O) groups excluding carboxylic acids is 2. The molecule has 0 unspecified atom stereocenters. The number of aromatic nitrogens is 2. The molecule has 2 heterocycles. The quantitative estimate of drug-likeness (QED) is 0.474. The van der Waals surface area contributed by atoms with Gasteiger partial charge in [-0.25, -0.2) is 9.78 Å². The standard InChI is InChI=1S/C22H20N2O3S/c1-14-20(28-21(24-14)18-8-4-5-11-23-18)22(26)27-13-19(25)17-10-9-15-6-2-3-7-16(15)12-17/h4-5,8-12H,2-3,6-7,13H2,1H3. The highest BCUT2D eigenvalue weighted by molar-refractivity contribution is 7.17. The molecule has 0 saturated heterocycles. The number of hydrogen-bond donors (Lipinski definition) is 0. The maximum absolute atomic E-state index is 12.5. The summed E-state index contributed by atoms with van der Waals surface area (Å²) in [6, 6.07) is 11.3. The van der Waals surface area contributed by atoms with Crippen LogP contribution in [0.1, 0.15) is 49.7 Å². The van der Waals surface area contributed by atoms with Gasteiger partial charge >= 0.3 is 5.97 Å². The summed E-state index contributed by atoms with van der Waals surface area (Å²) in [6.45, 7) is 1.48. The highest BCUT2D eigenvalue weighted by Gasteiger charge is 2.20. The minimum atomic E-state index is -0.525. The Labute approximate surface area is 167 Å². The number of ketones is 1. The molecule has 1 aliphatic carbocycles. The maximum Gasteiger partial charge on any atom is 0.350 e. The van der Waals surface area contributed by atoms with Gasteiger partial charge in [-0.05, 0) is 61.9 Å². The third-order valence-electron chi connectivity index (χ3n) is 4.87. The molecule has 1 aromatic carbocycles. The number of rotatable bonds is 5.